The van der Waals surface area contributed by atoms with Gasteiger partial charge in [-0.3, -0.25) is 9.59 Å². The fourth-order valence-electron chi connectivity index (χ4n) is 2.09. The SMILES string of the molecule is CCC(CC)C(=O)NCCNC(=O)c1ccccc1OC. The van der Waals surface area contributed by atoms with Gasteiger partial charge in [0.25, 0.3) is 5.91 Å². The zero-order valence-corrected chi connectivity index (χ0v) is 12.9. The van der Waals surface area contributed by atoms with E-state index in [4.69, 9.17) is 4.74 Å². The summed E-state index contributed by atoms with van der Waals surface area (Å²) in [6.07, 6.45) is 1.66. The minimum atomic E-state index is -0.204. The van der Waals surface area contributed by atoms with Crippen LogP contribution in [-0.2, 0) is 4.79 Å². The first-order chi connectivity index (χ1) is 10.1. The van der Waals surface area contributed by atoms with Crippen molar-refractivity contribution in [2.45, 2.75) is 26.7 Å². The Labute approximate surface area is 126 Å². The molecule has 0 unspecified atom stereocenters. The van der Waals surface area contributed by atoms with Gasteiger partial charge in [-0.2, -0.15) is 0 Å². The number of nitrogens with one attached hydrogen (secondary N) is 2. The highest BCUT2D eigenvalue weighted by Gasteiger charge is 2.14. The van der Waals surface area contributed by atoms with Gasteiger partial charge in [-0.25, -0.2) is 0 Å². The number of rotatable bonds is 8. The maximum Gasteiger partial charge on any atom is 0.255 e. The summed E-state index contributed by atoms with van der Waals surface area (Å²) >= 11 is 0. The lowest BCUT2D eigenvalue weighted by Crippen LogP contribution is -2.37. The lowest BCUT2D eigenvalue weighted by Gasteiger charge is -2.13. The van der Waals surface area contributed by atoms with Crippen LogP contribution in [0.3, 0.4) is 0 Å². The third-order valence-electron chi connectivity index (χ3n) is 3.42. The van der Waals surface area contributed by atoms with E-state index in [0.29, 0.717) is 24.4 Å². The normalized spacial score (nSPS) is 10.3. The van der Waals surface area contributed by atoms with E-state index < -0.39 is 0 Å². The molecule has 21 heavy (non-hydrogen) atoms. The Hall–Kier alpha value is -2.04. The van der Waals surface area contributed by atoms with Gasteiger partial charge in [0, 0.05) is 19.0 Å². The highest BCUT2D eigenvalue weighted by atomic mass is 16.5. The van der Waals surface area contributed by atoms with E-state index in [9.17, 15) is 9.59 Å². The standard InChI is InChI=1S/C16H24N2O3/c1-4-12(5-2)15(19)17-10-11-18-16(20)13-8-6-7-9-14(13)21-3/h6-9,12H,4-5,10-11H2,1-3H3,(H,17,19)(H,18,20). The minimum Gasteiger partial charge on any atom is -0.496 e. The molecule has 0 aliphatic carbocycles. The number of amides is 2. The predicted molar refractivity (Wildman–Crippen MR) is 82.4 cm³/mol. The van der Waals surface area contributed by atoms with Crippen LogP contribution in [0, 0.1) is 5.92 Å². The van der Waals surface area contributed by atoms with Crippen LogP contribution in [0.15, 0.2) is 24.3 Å². The molecule has 0 radical (unpaired) electrons. The van der Waals surface area contributed by atoms with Crippen LogP contribution in [0.4, 0.5) is 0 Å². The minimum absolute atomic E-state index is 0.0477. The second-order valence-corrected chi connectivity index (χ2v) is 4.76. The highest BCUT2D eigenvalue weighted by molar-refractivity contribution is 5.96. The van der Waals surface area contributed by atoms with Crippen LogP contribution in [-0.4, -0.2) is 32.0 Å². The molecule has 1 aromatic rings. The summed E-state index contributed by atoms with van der Waals surface area (Å²) in [5.41, 5.74) is 0.492. The quantitative estimate of drug-likeness (QED) is 0.720. The van der Waals surface area contributed by atoms with Crippen molar-refractivity contribution in [3.8, 4) is 5.75 Å². The van der Waals surface area contributed by atoms with Gasteiger partial charge in [-0.15, -0.1) is 0 Å². The first-order valence-corrected chi connectivity index (χ1v) is 7.32. The zero-order chi connectivity index (χ0) is 15.7. The summed E-state index contributed by atoms with van der Waals surface area (Å²) in [6.45, 7) is 4.81. The number of benzene rings is 1. The van der Waals surface area contributed by atoms with Crippen LogP contribution in [0.2, 0.25) is 0 Å². The molecule has 5 heteroatoms. The lowest BCUT2D eigenvalue weighted by molar-refractivity contribution is -0.125. The Morgan fingerprint density at radius 1 is 1.10 bits per heavy atom. The molecule has 2 N–H and O–H groups in total. The maximum absolute atomic E-state index is 12.0. The monoisotopic (exact) mass is 292 g/mol. The third-order valence-corrected chi connectivity index (χ3v) is 3.42. The molecule has 1 aromatic carbocycles. The van der Waals surface area contributed by atoms with E-state index in [1.165, 1.54) is 7.11 Å². The topological polar surface area (TPSA) is 67.4 Å². The van der Waals surface area contributed by atoms with Gasteiger partial charge in [0.2, 0.25) is 5.91 Å². The molecule has 1 rings (SSSR count). The molecule has 0 saturated heterocycles. The van der Waals surface area contributed by atoms with Gasteiger partial charge in [0.1, 0.15) is 5.75 Å². The summed E-state index contributed by atoms with van der Waals surface area (Å²) < 4.78 is 5.14. The summed E-state index contributed by atoms with van der Waals surface area (Å²) in [4.78, 5) is 23.8. The Bertz CT molecular complexity index is 470. The summed E-state index contributed by atoms with van der Waals surface area (Å²) in [7, 11) is 1.53. The van der Waals surface area contributed by atoms with Crippen LogP contribution >= 0.6 is 0 Å². The van der Waals surface area contributed by atoms with Crippen molar-refractivity contribution >= 4 is 11.8 Å². The van der Waals surface area contributed by atoms with Crippen molar-refractivity contribution in [1.82, 2.24) is 10.6 Å². The number of hydrogen-bond acceptors (Lipinski definition) is 3. The highest BCUT2D eigenvalue weighted by Crippen LogP contribution is 2.16. The summed E-state index contributed by atoms with van der Waals surface area (Å²) in [5, 5.41) is 5.61. The smallest absolute Gasteiger partial charge is 0.255 e. The van der Waals surface area contributed by atoms with Crippen molar-refractivity contribution in [2.24, 2.45) is 5.92 Å². The van der Waals surface area contributed by atoms with Crippen LogP contribution < -0.4 is 15.4 Å². The third kappa shape index (κ3) is 5.10. The van der Waals surface area contributed by atoms with Gasteiger partial charge in [0.05, 0.1) is 12.7 Å². The predicted octanol–water partition coefficient (Wildman–Crippen LogP) is 1.98. The maximum atomic E-state index is 12.0. The van der Waals surface area contributed by atoms with E-state index in [2.05, 4.69) is 10.6 Å². The lowest BCUT2D eigenvalue weighted by atomic mass is 10.0. The molecule has 5 nitrogen and oxygen atoms in total. The summed E-state index contributed by atoms with van der Waals surface area (Å²) in [6, 6.07) is 7.04. The second kappa shape index (κ2) is 9.00. The van der Waals surface area contributed by atoms with E-state index in [-0.39, 0.29) is 17.7 Å². The van der Waals surface area contributed by atoms with Crippen molar-refractivity contribution in [1.29, 1.82) is 0 Å². The Morgan fingerprint density at radius 3 is 2.33 bits per heavy atom. The van der Waals surface area contributed by atoms with Crippen molar-refractivity contribution in [3.63, 3.8) is 0 Å². The number of ether oxygens (including phenoxy) is 1. The average molecular weight is 292 g/mol. The molecule has 0 aliphatic rings. The van der Waals surface area contributed by atoms with E-state index in [1.807, 2.05) is 19.9 Å². The first kappa shape index (κ1) is 17.0. The number of methoxy groups -OCH3 is 1. The first-order valence-electron chi connectivity index (χ1n) is 7.32. The Kier molecular flexibility index (Phi) is 7.29. The Morgan fingerprint density at radius 2 is 1.71 bits per heavy atom. The van der Waals surface area contributed by atoms with Gasteiger partial charge in [-0.1, -0.05) is 26.0 Å². The van der Waals surface area contributed by atoms with Gasteiger partial charge >= 0.3 is 0 Å². The molecule has 0 atom stereocenters. The fraction of sp³-hybridized carbons (Fsp3) is 0.500. The number of carbonyl (C=O) groups excluding carboxylic acids is 2. The van der Waals surface area contributed by atoms with Crippen molar-refractivity contribution < 1.29 is 14.3 Å². The van der Waals surface area contributed by atoms with E-state index >= 15 is 0 Å². The van der Waals surface area contributed by atoms with E-state index in [1.54, 1.807) is 18.2 Å². The summed E-state index contributed by atoms with van der Waals surface area (Å²) in [5.74, 6) is 0.432. The molecule has 116 valence electrons. The van der Waals surface area contributed by atoms with Gasteiger partial charge in [0.15, 0.2) is 0 Å². The Balaban J connectivity index is 2.39. The number of carbonyl (C=O) groups is 2. The molecule has 0 aromatic heterocycles. The molecule has 0 aliphatic heterocycles. The number of para-hydroxylation sites is 1. The molecule has 0 heterocycles. The molecule has 0 spiro atoms. The largest absolute Gasteiger partial charge is 0.496 e. The molecule has 2 amide bonds. The molecule has 0 saturated carbocycles. The van der Waals surface area contributed by atoms with Crippen LogP contribution in [0.25, 0.3) is 0 Å². The van der Waals surface area contributed by atoms with Crippen molar-refractivity contribution in [2.75, 3.05) is 20.2 Å². The van der Waals surface area contributed by atoms with Gasteiger partial charge < -0.3 is 15.4 Å². The van der Waals surface area contributed by atoms with Crippen molar-refractivity contribution in [3.05, 3.63) is 29.8 Å². The van der Waals surface area contributed by atoms with Crippen LogP contribution in [0.5, 0.6) is 5.75 Å². The average Bonchev–Trinajstić information content (AvgIpc) is 2.52. The molecule has 0 bridgehead atoms. The van der Waals surface area contributed by atoms with E-state index in [0.717, 1.165) is 12.8 Å². The molecule has 0 fully saturated rings. The van der Waals surface area contributed by atoms with Gasteiger partial charge in [-0.05, 0) is 25.0 Å². The zero-order valence-electron chi connectivity index (χ0n) is 12.9. The number of hydrogen-bond donors (Lipinski definition) is 2. The fourth-order valence-corrected chi connectivity index (χ4v) is 2.09. The van der Waals surface area contributed by atoms with Crippen LogP contribution in [0.1, 0.15) is 37.0 Å². The molecular formula is C16H24N2O3. The molecular weight excluding hydrogens is 268 g/mol. The second-order valence-electron chi connectivity index (χ2n) is 4.76.